The highest BCUT2D eigenvalue weighted by Gasteiger charge is 2.32. The SMILES string of the molecule is O=[N+]([O-])c1cccc(Cl)c1-c1nnc(CO)n1C1CC1. The smallest absolute Gasteiger partial charge is 0.281 e. The van der Waals surface area contributed by atoms with Crippen molar-refractivity contribution in [3.05, 3.63) is 39.2 Å². The largest absolute Gasteiger partial charge is 0.388 e. The number of hydrogen-bond donors (Lipinski definition) is 1. The van der Waals surface area contributed by atoms with Crippen LogP contribution in [-0.2, 0) is 6.61 Å². The highest BCUT2D eigenvalue weighted by atomic mass is 35.5. The molecule has 1 aliphatic rings. The molecule has 7 nitrogen and oxygen atoms in total. The molecule has 1 N–H and O–H groups in total. The second kappa shape index (κ2) is 4.84. The van der Waals surface area contributed by atoms with Crippen LogP contribution in [0.5, 0.6) is 0 Å². The number of hydrogen-bond acceptors (Lipinski definition) is 5. The number of aromatic nitrogens is 3. The van der Waals surface area contributed by atoms with E-state index in [0.717, 1.165) is 12.8 Å². The van der Waals surface area contributed by atoms with Crippen molar-refractivity contribution < 1.29 is 10.0 Å². The Morgan fingerprint density at radius 3 is 2.80 bits per heavy atom. The van der Waals surface area contributed by atoms with E-state index in [1.165, 1.54) is 12.1 Å². The fraction of sp³-hybridized carbons (Fsp3) is 0.333. The maximum atomic E-state index is 11.2. The molecule has 3 rings (SSSR count). The minimum absolute atomic E-state index is 0.115. The van der Waals surface area contributed by atoms with Crippen LogP contribution in [0.25, 0.3) is 11.4 Å². The molecular formula is C12H11ClN4O3. The van der Waals surface area contributed by atoms with Crippen molar-refractivity contribution in [2.45, 2.75) is 25.5 Å². The Balaban J connectivity index is 2.24. The van der Waals surface area contributed by atoms with Gasteiger partial charge in [-0.15, -0.1) is 10.2 Å². The lowest BCUT2D eigenvalue weighted by atomic mass is 10.1. The van der Waals surface area contributed by atoms with Gasteiger partial charge in [0.1, 0.15) is 12.2 Å². The molecule has 0 aliphatic heterocycles. The van der Waals surface area contributed by atoms with Crippen LogP contribution in [0.2, 0.25) is 5.02 Å². The predicted molar refractivity (Wildman–Crippen MR) is 71.3 cm³/mol. The van der Waals surface area contributed by atoms with Crippen molar-refractivity contribution in [1.29, 1.82) is 0 Å². The number of rotatable bonds is 4. The Kier molecular flexibility index (Phi) is 3.15. The van der Waals surface area contributed by atoms with E-state index in [4.69, 9.17) is 11.6 Å². The quantitative estimate of drug-likeness (QED) is 0.690. The van der Waals surface area contributed by atoms with Crippen LogP contribution in [0.15, 0.2) is 18.2 Å². The number of nitrogens with zero attached hydrogens (tertiary/aromatic N) is 4. The zero-order valence-electron chi connectivity index (χ0n) is 10.4. The molecule has 0 unspecified atom stereocenters. The van der Waals surface area contributed by atoms with Crippen LogP contribution < -0.4 is 0 Å². The van der Waals surface area contributed by atoms with Crippen molar-refractivity contribution in [2.24, 2.45) is 0 Å². The van der Waals surface area contributed by atoms with Crippen LogP contribution in [0.4, 0.5) is 5.69 Å². The predicted octanol–water partition coefficient (Wildman–Crippen LogP) is 2.33. The van der Waals surface area contributed by atoms with Gasteiger partial charge in [0.15, 0.2) is 11.6 Å². The third-order valence-corrected chi connectivity index (χ3v) is 3.55. The van der Waals surface area contributed by atoms with Gasteiger partial charge in [0.05, 0.1) is 9.95 Å². The molecule has 1 aromatic heterocycles. The van der Waals surface area contributed by atoms with Gasteiger partial charge >= 0.3 is 0 Å². The minimum Gasteiger partial charge on any atom is -0.388 e. The third kappa shape index (κ3) is 2.04. The summed E-state index contributed by atoms with van der Waals surface area (Å²) >= 11 is 6.11. The summed E-state index contributed by atoms with van der Waals surface area (Å²) < 4.78 is 1.74. The van der Waals surface area contributed by atoms with E-state index in [1.807, 2.05) is 0 Å². The highest BCUT2D eigenvalue weighted by Crippen LogP contribution is 2.42. The summed E-state index contributed by atoms with van der Waals surface area (Å²) in [5.41, 5.74) is 0.134. The summed E-state index contributed by atoms with van der Waals surface area (Å²) in [5, 5.41) is 28.6. The van der Waals surface area contributed by atoms with Gasteiger partial charge in [-0.25, -0.2) is 0 Å². The molecule has 1 fully saturated rings. The van der Waals surface area contributed by atoms with E-state index in [-0.39, 0.29) is 28.9 Å². The lowest BCUT2D eigenvalue weighted by Crippen LogP contribution is -2.05. The maximum Gasteiger partial charge on any atom is 0.281 e. The lowest BCUT2D eigenvalue weighted by molar-refractivity contribution is -0.384. The molecule has 0 atom stereocenters. The van der Waals surface area contributed by atoms with Crippen molar-refractivity contribution >= 4 is 17.3 Å². The van der Waals surface area contributed by atoms with Gasteiger partial charge < -0.3 is 9.67 Å². The van der Waals surface area contributed by atoms with Crippen LogP contribution in [-0.4, -0.2) is 24.8 Å². The summed E-state index contributed by atoms with van der Waals surface area (Å²) in [6.07, 6.45) is 1.88. The van der Waals surface area contributed by atoms with Gasteiger partial charge in [-0.3, -0.25) is 10.1 Å². The average Bonchev–Trinajstić information content (AvgIpc) is 3.18. The maximum absolute atomic E-state index is 11.2. The van der Waals surface area contributed by atoms with E-state index < -0.39 is 4.92 Å². The van der Waals surface area contributed by atoms with Gasteiger partial charge in [-0.1, -0.05) is 17.7 Å². The molecule has 0 amide bonds. The molecule has 0 spiro atoms. The van der Waals surface area contributed by atoms with Gasteiger partial charge in [-0.05, 0) is 18.9 Å². The molecule has 1 saturated carbocycles. The molecule has 0 radical (unpaired) electrons. The van der Waals surface area contributed by atoms with Crippen LogP contribution in [0, 0.1) is 10.1 Å². The third-order valence-electron chi connectivity index (χ3n) is 3.23. The van der Waals surface area contributed by atoms with E-state index >= 15 is 0 Å². The van der Waals surface area contributed by atoms with Crippen LogP contribution in [0.1, 0.15) is 24.7 Å². The number of nitro groups is 1. The minimum atomic E-state index is -0.494. The molecule has 1 aromatic carbocycles. The fourth-order valence-electron chi connectivity index (χ4n) is 2.20. The molecule has 0 bridgehead atoms. The van der Waals surface area contributed by atoms with Gasteiger partial charge in [0.25, 0.3) is 5.69 Å². The second-order valence-electron chi connectivity index (χ2n) is 4.59. The highest BCUT2D eigenvalue weighted by molar-refractivity contribution is 6.33. The Morgan fingerprint density at radius 2 is 2.20 bits per heavy atom. The summed E-state index contributed by atoms with van der Waals surface area (Å²) in [7, 11) is 0. The number of nitro benzene ring substituents is 1. The number of aliphatic hydroxyl groups is 1. The Bertz CT molecular complexity index is 681. The first-order valence-electron chi connectivity index (χ1n) is 6.11. The molecule has 104 valence electrons. The van der Waals surface area contributed by atoms with E-state index in [2.05, 4.69) is 10.2 Å². The van der Waals surface area contributed by atoms with Gasteiger partial charge in [0.2, 0.25) is 0 Å². The number of benzene rings is 1. The topological polar surface area (TPSA) is 94.1 Å². The Morgan fingerprint density at radius 1 is 1.45 bits per heavy atom. The average molecular weight is 295 g/mol. The van der Waals surface area contributed by atoms with Gasteiger partial charge in [-0.2, -0.15) is 0 Å². The van der Waals surface area contributed by atoms with E-state index in [0.29, 0.717) is 11.6 Å². The molecule has 2 aromatic rings. The molecule has 0 saturated heterocycles. The number of aliphatic hydroxyl groups excluding tert-OH is 1. The molecular weight excluding hydrogens is 284 g/mol. The van der Waals surface area contributed by atoms with Gasteiger partial charge in [0, 0.05) is 12.1 Å². The summed E-state index contributed by atoms with van der Waals surface area (Å²) in [5.74, 6) is 0.741. The summed E-state index contributed by atoms with van der Waals surface area (Å²) in [6, 6.07) is 4.66. The van der Waals surface area contributed by atoms with E-state index in [9.17, 15) is 15.2 Å². The molecule has 20 heavy (non-hydrogen) atoms. The molecule has 8 heteroatoms. The van der Waals surface area contributed by atoms with Crippen molar-refractivity contribution in [3.63, 3.8) is 0 Å². The first-order valence-corrected chi connectivity index (χ1v) is 6.49. The fourth-order valence-corrected chi connectivity index (χ4v) is 2.46. The van der Waals surface area contributed by atoms with Crippen molar-refractivity contribution in [2.75, 3.05) is 0 Å². The standard InChI is InChI=1S/C12H11ClN4O3/c13-8-2-1-3-9(17(19)20)11(8)12-15-14-10(6-18)16(12)7-4-5-7/h1-3,7,18H,4-6H2. The van der Waals surface area contributed by atoms with E-state index in [1.54, 1.807) is 10.6 Å². The van der Waals surface area contributed by atoms with Crippen LogP contribution >= 0.6 is 11.6 Å². The van der Waals surface area contributed by atoms with Crippen LogP contribution in [0.3, 0.4) is 0 Å². The summed E-state index contributed by atoms with van der Waals surface area (Å²) in [6.45, 7) is -0.262. The monoisotopic (exact) mass is 294 g/mol. The first kappa shape index (κ1) is 13.0. The second-order valence-corrected chi connectivity index (χ2v) is 5.00. The van der Waals surface area contributed by atoms with Crippen molar-refractivity contribution in [1.82, 2.24) is 14.8 Å². The first-order chi connectivity index (χ1) is 9.63. The zero-order chi connectivity index (χ0) is 14.3. The molecule has 1 aliphatic carbocycles. The lowest BCUT2D eigenvalue weighted by Gasteiger charge is -2.09. The molecule has 1 heterocycles. The summed E-state index contributed by atoms with van der Waals surface area (Å²) in [4.78, 5) is 10.7. The Hall–Kier alpha value is -1.99. The normalized spacial score (nSPS) is 14.5. The zero-order valence-corrected chi connectivity index (χ0v) is 11.1. The van der Waals surface area contributed by atoms with Crippen molar-refractivity contribution in [3.8, 4) is 11.4 Å². The Labute approximate surface area is 119 Å². The number of halogens is 1.